The average molecular weight is 313 g/mol. The first kappa shape index (κ1) is 14.9. The van der Waals surface area contributed by atoms with Gasteiger partial charge in [0.1, 0.15) is 5.78 Å². The zero-order valence-corrected chi connectivity index (χ0v) is 13.7. The molecule has 1 N–H and O–H groups in total. The van der Waals surface area contributed by atoms with Crippen molar-refractivity contribution in [2.75, 3.05) is 6.54 Å². The Bertz CT molecular complexity index is 676. The normalized spacial score (nSPS) is 45.6. The largest absolute Gasteiger partial charge is 0.353 e. The fraction of sp³-hybridized carbons (Fsp3) is 0.632. The van der Waals surface area contributed by atoms with E-state index in [9.17, 15) is 14.4 Å². The van der Waals surface area contributed by atoms with Crippen molar-refractivity contribution in [3.8, 4) is 0 Å². The van der Waals surface area contributed by atoms with E-state index in [0.717, 1.165) is 24.8 Å². The molecule has 23 heavy (non-hydrogen) atoms. The Morgan fingerprint density at radius 3 is 2.74 bits per heavy atom. The molecule has 1 amide bonds. The molecule has 0 aromatic carbocycles. The van der Waals surface area contributed by atoms with Crippen molar-refractivity contribution < 1.29 is 14.4 Å². The molecule has 4 rings (SSSR count). The third kappa shape index (κ3) is 1.87. The number of carbonyl (C=O) groups is 3. The Morgan fingerprint density at radius 2 is 1.96 bits per heavy atom. The predicted molar refractivity (Wildman–Crippen MR) is 85.4 cm³/mol. The number of hydrogen-bond acceptors (Lipinski definition) is 3. The van der Waals surface area contributed by atoms with Gasteiger partial charge in [-0.05, 0) is 37.2 Å². The lowest BCUT2D eigenvalue weighted by atomic mass is 9.48. The van der Waals surface area contributed by atoms with E-state index in [1.54, 1.807) is 12.2 Å². The lowest BCUT2D eigenvalue weighted by molar-refractivity contribution is -0.147. The molecule has 2 saturated carbocycles. The van der Waals surface area contributed by atoms with Crippen molar-refractivity contribution in [1.82, 2.24) is 5.32 Å². The van der Waals surface area contributed by atoms with E-state index >= 15 is 0 Å². The third-order valence-corrected chi connectivity index (χ3v) is 6.95. The standard InChI is InChI=1S/C19H23NO3/c1-18-7-8-20-16(23)9-11(18)3-4-12-13-5-6-15(22)19(13,2)10-14(21)17(12)18/h5-6,9,12-13,17H,3-4,7-8,10H2,1-2H3,(H,20,23)/t12-,13-,17+,18-,19-/m0/s1. The van der Waals surface area contributed by atoms with Gasteiger partial charge in [-0.25, -0.2) is 0 Å². The highest BCUT2D eigenvalue weighted by Crippen LogP contribution is 2.61. The summed E-state index contributed by atoms with van der Waals surface area (Å²) in [7, 11) is 0. The molecule has 0 saturated heterocycles. The van der Waals surface area contributed by atoms with Gasteiger partial charge in [0.15, 0.2) is 5.78 Å². The van der Waals surface area contributed by atoms with E-state index in [2.05, 4.69) is 12.2 Å². The zero-order valence-electron chi connectivity index (χ0n) is 13.7. The van der Waals surface area contributed by atoms with Crippen molar-refractivity contribution in [3.63, 3.8) is 0 Å². The van der Waals surface area contributed by atoms with Gasteiger partial charge in [0.2, 0.25) is 5.91 Å². The Hall–Kier alpha value is -1.71. The van der Waals surface area contributed by atoms with Gasteiger partial charge in [0, 0.05) is 35.8 Å². The molecule has 0 radical (unpaired) electrons. The summed E-state index contributed by atoms with van der Waals surface area (Å²) in [4.78, 5) is 37.2. The van der Waals surface area contributed by atoms with Gasteiger partial charge >= 0.3 is 0 Å². The van der Waals surface area contributed by atoms with Crippen LogP contribution in [-0.4, -0.2) is 24.0 Å². The molecule has 4 nitrogen and oxygen atoms in total. The molecule has 4 aliphatic rings. The number of ketones is 2. The van der Waals surface area contributed by atoms with Crippen LogP contribution in [0.25, 0.3) is 0 Å². The lowest BCUT2D eigenvalue weighted by Gasteiger charge is -2.54. The number of amides is 1. The Labute approximate surface area is 136 Å². The first-order valence-electron chi connectivity index (χ1n) is 8.60. The van der Waals surface area contributed by atoms with Gasteiger partial charge in [0.05, 0.1) is 0 Å². The van der Waals surface area contributed by atoms with Crippen molar-refractivity contribution in [3.05, 3.63) is 23.8 Å². The van der Waals surface area contributed by atoms with Crippen LogP contribution in [0.1, 0.15) is 39.5 Å². The highest BCUT2D eigenvalue weighted by Gasteiger charge is 2.60. The van der Waals surface area contributed by atoms with Crippen molar-refractivity contribution in [1.29, 1.82) is 0 Å². The van der Waals surface area contributed by atoms with Crippen LogP contribution < -0.4 is 5.32 Å². The number of carbonyl (C=O) groups excluding carboxylic acids is 3. The number of Topliss-reactive ketones (excluding diaryl/α,β-unsaturated/α-hetero) is 1. The molecular formula is C19H23NO3. The van der Waals surface area contributed by atoms with Crippen LogP contribution in [0.2, 0.25) is 0 Å². The lowest BCUT2D eigenvalue weighted by Crippen LogP contribution is -2.54. The van der Waals surface area contributed by atoms with Crippen molar-refractivity contribution >= 4 is 17.5 Å². The molecule has 0 spiro atoms. The molecule has 0 bridgehead atoms. The maximum Gasteiger partial charge on any atom is 0.243 e. The summed E-state index contributed by atoms with van der Waals surface area (Å²) < 4.78 is 0. The molecule has 5 atom stereocenters. The quantitative estimate of drug-likeness (QED) is 0.746. The number of fused-ring (bicyclic) bond motifs is 5. The van der Waals surface area contributed by atoms with Crippen LogP contribution >= 0.6 is 0 Å². The first-order valence-corrected chi connectivity index (χ1v) is 8.60. The van der Waals surface area contributed by atoms with Crippen LogP contribution in [0.15, 0.2) is 23.8 Å². The summed E-state index contributed by atoms with van der Waals surface area (Å²) >= 11 is 0. The summed E-state index contributed by atoms with van der Waals surface area (Å²) in [6.07, 6.45) is 8.35. The number of hydrogen-bond donors (Lipinski definition) is 1. The van der Waals surface area contributed by atoms with Gasteiger partial charge in [-0.3, -0.25) is 14.4 Å². The second-order valence-electron chi connectivity index (χ2n) is 8.12. The second-order valence-corrected chi connectivity index (χ2v) is 8.12. The first-order chi connectivity index (χ1) is 10.9. The van der Waals surface area contributed by atoms with Crippen LogP contribution in [0.3, 0.4) is 0 Å². The van der Waals surface area contributed by atoms with E-state index in [1.165, 1.54) is 0 Å². The van der Waals surface area contributed by atoms with Gasteiger partial charge in [0.25, 0.3) is 0 Å². The minimum absolute atomic E-state index is 0.0359. The molecule has 1 heterocycles. The summed E-state index contributed by atoms with van der Waals surface area (Å²) in [5, 5.41) is 2.90. The Balaban J connectivity index is 1.78. The Kier molecular flexibility index (Phi) is 3.00. The average Bonchev–Trinajstić information content (AvgIpc) is 2.67. The second kappa shape index (κ2) is 4.65. The Morgan fingerprint density at radius 1 is 1.17 bits per heavy atom. The number of rotatable bonds is 0. The summed E-state index contributed by atoms with van der Waals surface area (Å²) in [6, 6.07) is 0. The third-order valence-electron chi connectivity index (χ3n) is 6.95. The summed E-state index contributed by atoms with van der Waals surface area (Å²) in [6.45, 7) is 4.72. The molecule has 2 fully saturated rings. The van der Waals surface area contributed by atoms with Crippen LogP contribution in [0, 0.1) is 28.6 Å². The molecule has 0 unspecified atom stereocenters. The summed E-state index contributed by atoms with van der Waals surface area (Å²) in [5.74, 6) is 0.615. The van der Waals surface area contributed by atoms with E-state index in [-0.39, 0.29) is 40.6 Å². The smallest absolute Gasteiger partial charge is 0.243 e. The number of allylic oxidation sites excluding steroid dienone is 3. The van der Waals surface area contributed by atoms with Crippen molar-refractivity contribution in [2.45, 2.75) is 39.5 Å². The monoisotopic (exact) mass is 313 g/mol. The predicted octanol–water partition coefficient (Wildman–Crippen LogP) is 2.20. The van der Waals surface area contributed by atoms with E-state index in [4.69, 9.17) is 0 Å². The fourth-order valence-corrected chi connectivity index (χ4v) is 5.69. The molecule has 0 aromatic heterocycles. The minimum Gasteiger partial charge on any atom is -0.353 e. The molecule has 122 valence electrons. The number of nitrogens with one attached hydrogen (secondary N) is 1. The molecule has 1 aliphatic heterocycles. The topological polar surface area (TPSA) is 63.2 Å². The molecular weight excluding hydrogens is 290 g/mol. The van der Waals surface area contributed by atoms with Gasteiger partial charge < -0.3 is 5.32 Å². The zero-order chi connectivity index (χ0) is 16.4. The molecule has 3 aliphatic carbocycles. The van der Waals surface area contributed by atoms with E-state index in [1.807, 2.05) is 13.0 Å². The maximum absolute atomic E-state index is 13.1. The maximum atomic E-state index is 13.1. The highest BCUT2D eigenvalue weighted by atomic mass is 16.1. The van der Waals surface area contributed by atoms with E-state index in [0.29, 0.717) is 13.0 Å². The van der Waals surface area contributed by atoms with Crippen LogP contribution in [0.4, 0.5) is 0 Å². The molecule has 4 heteroatoms. The molecule has 0 aromatic rings. The fourth-order valence-electron chi connectivity index (χ4n) is 5.69. The highest BCUT2D eigenvalue weighted by molar-refractivity contribution is 6.02. The van der Waals surface area contributed by atoms with Gasteiger partial charge in [-0.1, -0.05) is 25.5 Å². The van der Waals surface area contributed by atoms with Gasteiger partial charge in [-0.15, -0.1) is 0 Å². The minimum atomic E-state index is -0.533. The van der Waals surface area contributed by atoms with Crippen LogP contribution in [-0.2, 0) is 14.4 Å². The van der Waals surface area contributed by atoms with E-state index < -0.39 is 5.41 Å². The summed E-state index contributed by atoms with van der Waals surface area (Å²) in [5.41, 5.74) is 0.341. The van der Waals surface area contributed by atoms with Crippen molar-refractivity contribution in [2.24, 2.45) is 28.6 Å². The SMILES string of the molecule is C[C@]12CCNC(=O)C=C1CC[C@@H]1[C@@H]2C(=O)C[C@]2(C)C(=O)C=C[C@@H]12. The van der Waals surface area contributed by atoms with Gasteiger partial charge in [-0.2, -0.15) is 0 Å². The van der Waals surface area contributed by atoms with Crippen LogP contribution in [0.5, 0.6) is 0 Å².